The van der Waals surface area contributed by atoms with Gasteiger partial charge in [0.25, 0.3) is 0 Å². The minimum absolute atomic E-state index is 0.0605. The average Bonchev–Trinajstić information content (AvgIpc) is 2.73. The lowest BCUT2D eigenvalue weighted by molar-refractivity contribution is 0.638. The van der Waals surface area contributed by atoms with Crippen LogP contribution in [0.2, 0.25) is 5.02 Å². The van der Waals surface area contributed by atoms with Gasteiger partial charge in [-0.15, -0.1) is 0 Å². The fourth-order valence-electron chi connectivity index (χ4n) is 2.02. The Labute approximate surface area is 132 Å². The molecule has 1 heterocycles. The summed E-state index contributed by atoms with van der Waals surface area (Å²) in [5.74, 6) is 0. The maximum atomic E-state index is 6.26. The molecule has 1 aromatic carbocycles. The SMILES string of the molecule is CCc1cc(CC(N)c2ccc(I)c(Cl)c2)n(C)n1. The molecule has 0 saturated heterocycles. The Balaban J connectivity index is 2.17. The fraction of sp³-hybridized carbons (Fsp3) is 0.357. The summed E-state index contributed by atoms with van der Waals surface area (Å²) in [5.41, 5.74) is 9.58. The highest BCUT2D eigenvalue weighted by atomic mass is 127. The molecule has 2 aromatic rings. The summed E-state index contributed by atoms with van der Waals surface area (Å²) in [6.07, 6.45) is 1.71. The number of rotatable bonds is 4. The predicted octanol–water partition coefficient (Wildman–Crippen LogP) is 3.48. The van der Waals surface area contributed by atoms with Crippen molar-refractivity contribution >= 4 is 34.2 Å². The van der Waals surface area contributed by atoms with Gasteiger partial charge < -0.3 is 5.73 Å². The smallest absolute Gasteiger partial charge is 0.0624 e. The van der Waals surface area contributed by atoms with Crippen LogP contribution < -0.4 is 5.73 Å². The van der Waals surface area contributed by atoms with E-state index in [1.165, 1.54) is 0 Å². The number of hydrogen-bond donors (Lipinski definition) is 1. The Kier molecular flexibility index (Phi) is 4.86. The molecule has 0 amide bonds. The van der Waals surface area contributed by atoms with Crippen molar-refractivity contribution in [1.29, 1.82) is 0 Å². The molecule has 19 heavy (non-hydrogen) atoms. The van der Waals surface area contributed by atoms with Crippen LogP contribution in [-0.4, -0.2) is 9.78 Å². The second-order valence-corrected chi connectivity index (χ2v) is 6.16. The summed E-state index contributed by atoms with van der Waals surface area (Å²) in [4.78, 5) is 0. The van der Waals surface area contributed by atoms with Crippen LogP contribution in [0.25, 0.3) is 0 Å². The van der Waals surface area contributed by atoms with Gasteiger partial charge in [-0.05, 0) is 52.8 Å². The lowest BCUT2D eigenvalue weighted by Gasteiger charge is -2.13. The molecule has 0 spiro atoms. The number of aromatic nitrogens is 2. The second-order valence-electron chi connectivity index (χ2n) is 4.59. The summed E-state index contributed by atoms with van der Waals surface area (Å²) < 4.78 is 2.96. The molecule has 5 heteroatoms. The highest BCUT2D eigenvalue weighted by Crippen LogP contribution is 2.24. The van der Waals surface area contributed by atoms with Crippen LogP contribution in [0.5, 0.6) is 0 Å². The molecule has 0 radical (unpaired) electrons. The third-order valence-electron chi connectivity index (χ3n) is 3.19. The van der Waals surface area contributed by atoms with Gasteiger partial charge in [-0.25, -0.2) is 0 Å². The van der Waals surface area contributed by atoms with Gasteiger partial charge in [-0.1, -0.05) is 24.6 Å². The normalized spacial score (nSPS) is 12.7. The first-order valence-electron chi connectivity index (χ1n) is 6.23. The number of benzene rings is 1. The van der Waals surface area contributed by atoms with E-state index in [2.05, 4.69) is 40.7 Å². The largest absolute Gasteiger partial charge is 0.324 e. The number of nitrogens with zero attached hydrogens (tertiary/aromatic N) is 2. The van der Waals surface area contributed by atoms with Crippen LogP contribution in [-0.2, 0) is 19.9 Å². The molecule has 1 aromatic heterocycles. The van der Waals surface area contributed by atoms with E-state index in [9.17, 15) is 0 Å². The quantitative estimate of drug-likeness (QED) is 0.814. The number of hydrogen-bond acceptors (Lipinski definition) is 2. The molecule has 1 atom stereocenters. The molecule has 0 aliphatic carbocycles. The monoisotopic (exact) mass is 389 g/mol. The summed E-state index contributed by atoms with van der Waals surface area (Å²) >= 11 is 8.35. The Morgan fingerprint density at radius 1 is 1.42 bits per heavy atom. The molecule has 0 fully saturated rings. The van der Waals surface area contributed by atoms with E-state index in [1.54, 1.807) is 0 Å². The molecule has 1 unspecified atom stereocenters. The number of halogens is 2. The maximum absolute atomic E-state index is 6.26. The highest BCUT2D eigenvalue weighted by molar-refractivity contribution is 14.1. The van der Waals surface area contributed by atoms with Crippen molar-refractivity contribution in [3.05, 3.63) is 49.8 Å². The van der Waals surface area contributed by atoms with Gasteiger partial charge >= 0.3 is 0 Å². The van der Waals surface area contributed by atoms with Crippen LogP contribution in [0.4, 0.5) is 0 Å². The first-order chi connectivity index (χ1) is 9.01. The van der Waals surface area contributed by atoms with E-state index in [-0.39, 0.29) is 6.04 Å². The van der Waals surface area contributed by atoms with E-state index < -0.39 is 0 Å². The van der Waals surface area contributed by atoms with Crippen LogP contribution in [0.1, 0.15) is 29.9 Å². The third-order valence-corrected chi connectivity index (χ3v) is 4.76. The highest BCUT2D eigenvalue weighted by Gasteiger charge is 2.12. The van der Waals surface area contributed by atoms with Crippen LogP contribution in [0.15, 0.2) is 24.3 Å². The van der Waals surface area contributed by atoms with Crippen molar-refractivity contribution < 1.29 is 0 Å². The zero-order valence-corrected chi connectivity index (χ0v) is 13.9. The minimum Gasteiger partial charge on any atom is -0.324 e. The van der Waals surface area contributed by atoms with Crippen LogP contribution in [0.3, 0.4) is 0 Å². The molecule has 0 saturated carbocycles. The van der Waals surface area contributed by atoms with E-state index in [0.29, 0.717) is 0 Å². The van der Waals surface area contributed by atoms with E-state index >= 15 is 0 Å². The molecule has 2 rings (SSSR count). The zero-order chi connectivity index (χ0) is 14.0. The summed E-state index contributed by atoms with van der Waals surface area (Å²) in [6.45, 7) is 2.10. The Morgan fingerprint density at radius 3 is 2.74 bits per heavy atom. The topological polar surface area (TPSA) is 43.8 Å². The molecule has 102 valence electrons. The standard InChI is InChI=1S/C14H17ClIN3/c1-3-10-7-11(19(2)18-10)8-14(17)9-4-5-13(16)12(15)6-9/h4-7,14H,3,8,17H2,1-2H3. The van der Waals surface area contributed by atoms with Crippen molar-refractivity contribution in [2.45, 2.75) is 25.8 Å². The van der Waals surface area contributed by atoms with Gasteiger partial charge in [-0.3, -0.25) is 4.68 Å². The van der Waals surface area contributed by atoms with Crippen molar-refractivity contribution in [3.63, 3.8) is 0 Å². The molecule has 0 bridgehead atoms. The Morgan fingerprint density at radius 2 is 2.16 bits per heavy atom. The molecule has 2 N–H and O–H groups in total. The first kappa shape index (κ1) is 14.8. The maximum Gasteiger partial charge on any atom is 0.0624 e. The fourth-order valence-corrected chi connectivity index (χ4v) is 2.55. The van der Waals surface area contributed by atoms with Gasteiger partial charge in [-0.2, -0.15) is 5.10 Å². The van der Waals surface area contributed by atoms with Crippen LogP contribution >= 0.6 is 34.2 Å². The molecule has 0 aliphatic rings. The van der Waals surface area contributed by atoms with Crippen molar-refractivity contribution in [1.82, 2.24) is 9.78 Å². The summed E-state index contributed by atoms with van der Waals surface area (Å²) in [7, 11) is 1.96. The summed E-state index contributed by atoms with van der Waals surface area (Å²) in [6, 6.07) is 8.04. The van der Waals surface area contributed by atoms with E-state index in [0.717, 1.165) is 38.4 Å². The van der Waals surface area contributed by atoms with E-state index in [1.807, 2.05) is 29.9 Å². The lowest BCUT2D eigenvalue weighted by Crippen LogP contribution is -2.15. The molecule has 3 nitrogen and oxygen atoms in total. The van der Waals surface area contributed by atoms with Gasteiger partial charge in [0.1, 0.15) is 0 Å². The summed E-state index contributed by atoms with van der Waals surface area (Å²) in [5, 5.41) is 5.20. The minimum atomic E-state index is -0.0605. The Bertz CT molecular complexity index is 580. The predicted molar refractivity (Wildman–Crippen MR) is 87.4 cm³/mol. The Hall–Kier alpha value is -0.590. The van der Waals surface area contributed by atoms with Crippen molar-refractivity contribution in [3.8, 4) is 0 Å². The second kappa shape index (κ2) is 6.24. The van der Waals surface area contributed by atoms with Gasteiger partial charge in [0, 0.05) is 28.8 Å². The average molecular weight is 390 g/mol. The van der Waals surface area contributed by atoms with Crippen molar-refractivity contribution in [2.75, 3.05) is 0 Å². The van der Waals surface area contributed by atoms with E-state index in [4.69, 9.17) is 17.3 Å². The van der Waals surface area contributed by atoms with Gasteiger partial charge in [0.05, 0.1) is 10.7 Å². The molecule has 0 aliphatic heterocycles. The zero-order valence-electron chi connectivity index (χ0n) is 11.0. The van der Waals surface area contributed by atoms with Crippen LogP contribution in [0, 0.1) is 3.57 Å². The molecular formula is C14H17ClIN3. The van der Waals surface area contributed by atoms with Crippen molar-refractivity contribution in [2.24, 2.45) is 12.8 Å². The third kappa shape index (κ3) is 3.49. The van der Waals surface area contributed by atoms with Gasteiger partial charge in [0.2, 0.25) is 0 Å². The van der Waals surface area contributed by atoms with Gasteiger partial charge in [0.15, 0.2) is 0 Å². The number of nitrogens with two attached hydrogens (primary N) is 1. The first-order valence-corrected chi connectivity index (χ1v) is 7.69. The number of aryl methyl sites for hydroxylation is 2. The lowest BCUT2D eigenvalue weighted by atomic mass is 10.0. The molecular weight excluding hydrogens is 373 g/mol.